The average molecular weight is 376 g/mol. The van der Waals surface area contributed by atoms with Gasteiger partial charge in [-0.3, -0.25) is 0 Å². The van der Waals surface area contributed by atoms with Crippen LogP contribution in [-0.4, -0.2) is 23.2 Å². The molecule has 0 aliphatic rings. The molecule has 1 unspecified atom stereocenters. The fourth-order valence-electron chi connectivity index (χ4n) is 2.26. The van der Waals surface area contributed by atoms with Crippen molar-refractivity contribution in [3.05, 3.63) is 66.0 Å². The van der Waals surface area contributed by atoms with Gasteiger partial charge in [0.05, 0.1) is 0 Å². The lowest BCUT2D eigenvalue weighted by Gasteiger charge is -2.04. The molecule has 0 aliphatic carbocycles. The number of hydrogen-bond donors (Lipinski definition) is 1. The maximum Gasteiger partial charge on any atom is 0.257 e. The van der Waals surface area contributed by atoms with Crippen molar-refractivity contribution in [3.63, 3.8) is 0 Å². The number of halogens is 1. The molecule has 1 N–H and O–H groups in total. The lowest BCUT2D eigenvalue weighted by Crippen LogP contribution is -2.24. The van der Waals surface area contributed by atoms with Crippen LogP contribution in [0.4, 0.5) is 0 Å². The summed E-state index contributed by atoms with van der Waals surface area (Å²) in [6.07, 6.45) is 0.755. The van der Waals surface area contributed by atoms with E-state index in [-0.39, 0.29) is 12.4 Å². The van der Waals surface area contributed by atoms with Crippen molar-refractivity contribution in [2.45, 2.75) is 30.0 Å². The minimum Gasteiger partial charge on any atom is -0.334 e. The van der Waals surface area contributed by atoms with Gasteiger partial charge >= 0.3 is 0 Å². The van der Waals surface area contributed by atoms with E-state index in [9.17, 15) is 0 Å². The largest absolute Gasteiger partial charge is 0.334 e. The average Bonchev–Trinajstić information content (AvgIpc) is 3.09. The zero-order chi connectivity index (χ0) is 16.8. The van der Waals surface area contributed by atoms with Gasteiger partial charge in [0.25, 0.3) is 5.89 Å². The SMILES string of the molecule is CNC(C)Cc1noc(-c2ccc(SCc3ccccc3)cc2)n1.Cl. The zero-order valence-electron chi connectivity index (χ0n) is 14.3. The van der Waals surface area contributed by atoms with Crippen LogP contribution in [0.25, 0.3) is 11.5 Å². The molecule has 3 rings (SSSR count). The quantitative estimate of drug-likeness (QED) is 0.611. The van der Waals surface area contributed by atoms with Gasteiger partial charge in [0.2, 0.25) is 0 Å². The predicted octanol–water partition coefficient (Wildman–Crippen LogP) is 4.60. The molecule has 2 aromatic carbocycles. The summed E-state index contributed by atoms with van der Waals surface area (Å²) in [4.78, 5) is 5.70. The fourth-order valence-corrected chi connectivity index (χ4v) is 3.12. The van der Waals surface area contributed by atoms with E-state index >= 15 is 0 Å². The highest BCUT2D eigenvalue weighted by atomic mass is 35.5. The molecule has 132 valence electrons. The van der Waals surface area contributed by atoms with E-state index in [1.54, 1.807) is 0 Å². The Labute approximate surface area is 158 Å². The van der Waals surface area contributed by atoms with E-state index < -0.39 is 0 Å². The number of benzene rings is 2. The molecule has 1 heterocycles. The first kappa shape index (κ1) is 19.5. The minimum atomic E-state index is 0. The molecule has 25 heavy (non-hydrogen) atoms. The summed E-state index contributed by atoms with van der Waals surface area (Å²) in [5, 5.41) is 7.22. The lowest BCUT2D eigenvalue weighted by atomic mass is 10.2. The Hall–Kier alpha value is -1.82. The number of likely N-dealkylation sites (N-methyl/N-ethyl adjacent to an activating group) is 1. The molecule has 0 saturated carbocycles. The summed E-state index contributed by atoms with van der Waals surface area (Å²) in [6.45, 7) is 2.09. The van der Waals surface area contributed by atoms with Gasteiger partial charge in [-0.05, 0) is 43.8 Å². The number of rotatable bonds is 7. The van der Waals surface area contributed by atoms with Gasteiger partial charge in [-0.2, -0.15) is 4.98 Å². The maximum atomic E-state index is 5.37. The Balaban J connectivity index is 0.00000225. The van der Waals surface area contributed by atoms with Gasteiger partial charge in [0, 0.05) is 28.7 Å². The summed E-state index contributed by atoms with van der Waals surface area (Å²) >= 11 is 1.82. The molecule has 3 aromatic rings. The van der Waals surface area contributed by atoms with Gasteiger partial charge in [-0.15, -0.1) is 24.2 Å². The van der Waals surface area contributed by atoms with E-state index in [1.165, 1.54) is 10.5 Å². The highest BCUT2D eigenvalue weighted by molar-refractivity contribution is 7.98. The van der Waals surface area contributed by atoms with Crippen LogP contribution in [0.3, 0.4) is 0 Å². The Kier molecular flexibility index (Phi) is 7.50. The summed E-state index contributed by atoms with van der Waals surface area (Å²) in [7, 11) is 1.93. The van der Waals surface area contributed by atoms with Gasteiger partial charge in [0.1, 0.15) is 0 Å². The third-order valence-corrected chi connectivity index (χ3v) is 4.88. The highest BCUT2D eigenvalue weighted by Gasteiger charge is 2.11. The molecule has 0 aliphatic heterocycles. The summed E-state index contributed by atoms with van der Waals surface area (Å²) in [5.41, 5.74) is 2.28. The molecule has 0 radical (unpaired) electrons. The van der Waals surface area contributed by atoms with Crippen molar-refractivity contribution >= 4 is 24.2 Å². The third-order valence-electron chi connectivity index (χ3n) is 3.80. The second-order valence-electron chi connectivity index (χ2n) is 5.71. The summed E-state index contributed by atoms with van der Waals surface area (Å²) in [5.74, 6) is 2.27. The Morgan fingerprint density at radius 1 is 1.08 bits per heavy atom. The normalized spacial score (nSPS) is 11.8. The van der Waals surface area contributed by atoms with Crippen LogP contribution in [0.15, 0.2) is 64.0 Å². The van der Waals surface area contributed by atoms with Gasteiger partial charge in [-0.1, -0.05) is 35.5 Å². The number of aromatic nitrogens is 2. The van der Waals surface area contributed by atoms with Crippen LogP contribution < -0.4 is 5.32 Å². The van der Waals surface area contributed by atoms with E-state index in [0.717, 1.165) is 23.6 Å². The molecule has 0 saturated heterocycles. The topological polar surface area (TPSA) is 51.0 Å². The first-order valence-electron chi connectivity index (χ1n) is 8.01. The minimum absolute atomic E-state index is 0. The summed E-state index contributed by atoms with van der Waals surface area (Å²) in [6, 6.07) is 19.1. The molecule has 4 nitrogen and oxygen atoms in total. The number of thioether (sulfide) groups is 1. The van der Waals surface area contributed by atoms with E-state index in [1.807, 2.05) is 37.0 Å². The molecule has 0 amide bonds. The number of hydrogen-bond acceptors (Lipinski definition) is 5. The predicted molar refractivity (Wildman–Crippen MR) is 105 cm³/mol. The fraction of sp³-hybridized carbons (Fsp3) is 0.263. The van der Waals surface area contributed by atoms with Crippen LogP contribution in [0.5, 0.6) is 0 Å². The van der Waals surface area contributed by atoms with Crippen LogP contribution >= 0.6 is 24.2 Å². The van der Waals surface area contributed by atoms with Crippen molar-refractivity contribution in [1.82, 2.24) is 15.5 Å². The Bertz CT molecular complexity index is 762. The number of nitrogens with zero attached hydrogens (tertiary/aromatic N) is 2. The smallest absolute Gasteiger partial charge is 0.257 e. The molecule has 0 bridgehead atoms. The zero-order valence-corrected chi connectivity index (χ0v) is 15.9. The highest BCUT2D eigenvalue weighted by Crippen LogP contribution is 2.26. The van der Waals surface area contributed by atoms with Crippen molar-refractivity contribution < 1.29 is 4.52 Å². The molecule has 6 heteroatoms. The van der Waals surface area contributed by atoms with E-state index in [2.05, 4.69) is 58.8 Å². The van der Waals surface area contributed by atoms with Crippen molar-refractivity contribution in [3.8, 4) is 11.5 Å². The van der Waals surface area contributed by atoms with E-state index in [4.69, 9.17) is 4.52 Å². The second kappa shape index (κ2) is 9.61. The molecule has 0 fully saturated rings. The maximum absolute atomic E-state index is 5.37. The molecule has 1 aromatic heterocycles. The third kappa shape index (κ3) is 5.59. The Morgan fingerprint density at radius 2 is 1.80 bits per heavy atom. The van der Waals surface area contributed by atoms with E-state index in [0.29, 0.717) is 11.9 Å². The van der Waals surface area contributed by atoms with Crippen molar-refractivity contribution in [1.29, 1.82) is 0 Å². The van der Waals surface area contributed by atoms with Gasteiger partial charge in [-0.25, -0.2) is 0 Å². The van der Waals surface area contributed by atoms with Crippen LogP contribution in [-0.2, 0) is 12.2 Å². The van der Waals surface area contributed by atoms with Gasteiger partial charge < -0.3 is 9.84 Å². The number of nitrogens with one attached hydrogen (secondary N) is 1. The van der Waals surface area contributed by atoms with Crippen LogP contribution in [0.2, 0.25) is 0 Å². The molecular weight excluding hydrogens is 354 g/mol. The first-order valence-corrected chi connectivity index (χ1v) is 9.00. The lowest BCUT2D eigenvalue weighted by molar-refractivity contribution is 0.418. The molecular formula is C19H22ClN3OS. The molecule has 1 atom stereocenters. The summed E-state index contributed by atoms with van der Waals surface area (Å²) < 4.78 is 5.37. The van der Waals surface area contributed by atoms with Crippen LogP contribution in [0.1, 0.15) is 18.3 Å². The first-order chi connectivity index (χ1) is 11.7. The standard InChI is InChI=1S/C19H21N3OS.ClH/c1-14(20-2)12-18-21-19(23-22-18)16-8-10-17(11-9-16)24-13-15-6-4-3-5-7-15;/h3-11,14,20H,12-13H2,1-2H3;1H. The monoisotopic (exact) mass is 375 g/mol. The van der Waals surface area contributed by atoms with Gasteiger partial charge in [0.15, 0.2) is 5.82 Å². The second-order valence-corrected chi connectivity index (χ2v) is 6.76. The van der Waals surface area contributed by atoms with Crippen LogP contribution in [0, 0.1) is 0 Å². The van der Waals surface area contributed by atoms with Crippen molar-refractivity contribution in [2.24, 2.45) is 0 Å². The molecule has 0 spiro atoms. The van der Waals surface area contributed by atoms with Crippen molar-refractivity contribution in [2.75, 3.05) is 7.05 Å². The Morgan fingerprint density at radius 3 is 2.48 bits per heavy atom.